The lowest BCUT2D eigenvalue weighted by atomic mass is 9.97. The molecule has 0 bridgehead atoms. The van der Waals surface area contributed by atoms with Crippen molar-refractivity contribution in [2.75, 3.05) is 12.4 Å². The lowest BCUT2D eigenvalue weighted by Gasteiger charge is -2.13. The number of nitriles is 1. The Balaban J connectivity index is 1.46. The van der Waals surface area contributed by atoms with Crippen molar-refractivity contribution in [3.05, 3.63) is 89.2 Å². The molecule has 3 aromatic heterocycles. The number of rotatable bonds is 6. The van der Waals surface area contributed by atoms with Crippen LogP contribution in [0.4, 0.5) is 5.13 Å². The highest BCUT2D eigenvalue weighted by atomic mass is 32.1. The van der Waals surface area contributed by atoms with Crippen molar-refractivity contribution < 1.29 is 19.4 Å². The van der Waals surface area contributed by atoms with Crippen LogP contribution < -0.4 is 10.1 Å². The molecule has 0 atom stereocenters. The number of thiazole rings is 1. The highest BCUT2D eigenvalue weighted by Gasteiger charge is 2.19. The molecule has 0 radical (unpaired) electrons. The smallest absolute Gasteiger partial charge is 0.335 e. The molecule has 0 aliphatic carbocycles. The van der Waals surface area contributed by atoms with Gasteiger partial charge in [-0.3, -0.25) is 15.1 Å². The van der Waals surface area contributed by atoms with Crippen LogP contribution in [0.25, 0.3) is 32.7 Å². The number of benzene rings is 2. The van der Waals surface area contributed by atoms with Crippen LogP contribution in [0, 0.1) is 18.3 Å². The number of aromatic nitrogens is 3. The van der Waals surface area contributed by atoms with Gasteiger partial charge in [0.05, 0.1) is 35.6 Å². The van der Waals surface area contributed by atoms with Gasteiger partial charge in [-0.15, -0.1) is 0 Å². The summed E-state index contributed by atoms with van der Waals surface area (Å²) in [4.78, 5) is 38.5. The Morgan fingerprint density at radius 2 is 1.82 bits per heavy atom. The number of carboxylic acid groups (broad SMARTS) is 1. The van der Waals surface area contributed by atoms with E-state index < -0.39 is 11.9 Å². The van der Waals surface area contributed by atoms with Crippen LogP contribution in [-0.4, -0.2) is 39.0 Å². The monoisotopic (exact) mass is 521 g/mol. The van der Waals surface area contributed by atoms with Gasteiger partial charge in [0.25, 0.3) is 5.91 Å². The number of nitrogens with zero attached hydrogens (tertiary/aromatic N) is 4. The van der Waals surface area contributed by atoms with E-state index in [2.05, 4.69) is 26.3 Å². The number of hydrogen-bond acceptors (Lipinski definition) is 8. The van der Waals surface area contributed by atoms with E-state index in [1.807, 2.05) is 6.92 Å². The van der Waals surface area contributed by atoms with Crippen LogP contribution in [0.15, 0.2) is 66.9 Å². The number of pyridine rings is 2. The second-order valence-corrected chi connectivity index (χ2v) is 9.25. The standard InChI is InChI=1S/C28H19N5O4S/c1-15-11-19(20-12-16(13-29)3-10-24(20)37-2)21(14-30-15)25(34)33-28-32-23-9-8-22(31-26(23)38-28)17-4-6-18(7-5-17)27(35)36/h3-12,14H,1-2H3,(H,35,36)(H,32,33,34). The van der Waals surface area contributed by atoms with Crippen LogP contribution in [0.2, 0.25) is 0 Å². The first kappa shape index (κ1) is 24.5. The number of carbonyl (C=O) groups excluding carboxylic acids is 1. The normalized spacial score (nSPS) is 10.7. The minimum atomic E-state index is -0.994. The average molecular weight is 522 g/mol. The third kappa shape index (κ3) is 4.78. The van der Waals surface area contributed by atoms with Gasteiger partial charge in [-0.1, -0.05) is 23.5 Å². The van der Waals surface area contributed by atoms with Gasteiger partial charge in [-0.05, 0) is 55.5 Å². The number of amides is 1. The summed E-state index contributed by atoms with van der Waals surface area (Å²) in [5.74, 6) is -0.886. The van der Waals surface area contributed by atoms with Gasteiger partial charge in [-0.25, -0.2) is 14.8 Å². The molecule has 0 saturated carbocycles. The number of hydrogen-bond donors (Lipinski definition) is 2. The second-order valence-electron chi connectivity index (χ2n) is 8.27. The molecule has 2 aromatic carbocycles. The first-order chi connectivity index (χ1) is 18.4. The molecule has 0 spiro atoms. The van der Waals surface area contributed by atoms with E-state index in [9.17, 15) is 14.9 Å². The highest BCUT2D eigenvalue weighted by Crippen LogP contribution is 2.34. The maximum absolute atomic E-state index is 13.4. The van der Waals surface area contributed by atoms with Crippen LogP contribution in [0.1, 0.15) is 32.0 Å². The number of aromatic carboxylic acids is 1. The second kappa shape index (κ2) is 10.1. The molecule has 2 N–H and O–H groups in total. The third-order valence-corrected chi connectivity index (χ3v) is 6.69. The molecule has 1 amide bonds. The van der Waals surface area contributed by atoms with E-state index in [0.29, 0.717) is 54.9 Å². The molecule has 186 valence electrons. The predicted octanol–water partition coefficient (Wildman–Crippen LogP) is 5.56. The van der Waals surface area contributed by atoms with Gasteiger partial charge in [-0.2, -0.15) is 5.26 Å². The SMILES string of the molecule is COc1ccc(C#N)cc1-c1cc(C)ncc1C(=O)Nc1nc2ccc(-c3ccc(C(=O)O)cc3)nc2s1. The van der Waals surface area contributed by atoms with Crippen LogP contribution in [-0.2, 0) is 0 Å². The minimum absolute atomic E-state index is 0.194. The molecule has 3 heterocycles. The van der Waals surface area contributed by atoms with E-state index in [1.165, 1.54) is 36.8 Å². The van der Waals surface area contributed by atoms with Crippen molar-refractivity contribution in [1.29, 1.82) is 5.26 Å². The van der Waals surface area contributed by atoms with Crippen molar-refractivity contribution in [2.45, 2.75) is 6.92 Å². The maximum Gasteiger partial charge on any atom is 0.335 e. The van der Waals surface area contributed by atoms with Crippen molar-refractivity contribution in [1.82, 2.24) is 15.0 Å². The lowest BCUT2D eigenvalue weighted by Crippen LogP contribution is -2.14. The Morgan fingerprint density at radius 3 is 2.53 bits per heavy atom. The molecule has 10 heteroatoms. The van der Waals surface area contributed by atoms with Crippen molar-refractivity contribution >= 4 is 38.7 Å². The molecule has 38 heavy (non-hydrogen) atoms. The number of fused-ring (bicyclic) bond motifs is 1. The quantitative estimate of drug-likeness (QED) is 0.296. The summed E-state index contributed by atoms with van der Waals surface area (Å²) in [5.41, 5.74) is 4.85. The number of ether oxygens (including phenoxy) is 1. The molecule has 0 unspecified atom stereocenters. The summed E-state index contributed by atoms with van der Waals surface area (Å²) in [6.07, 6.45) is 1.49. The van der Waals surface area contributed by atoms with Crippen molar-refractivity contribution in [3.63, 3.8) is 0 Å². The summed E-state index contributed by atoms with van der Waals surface area (Å²) in [7, 11) is 1.53. The van der Waals surface area contributed by atoms with Crippen LogP contribution in [0.5, 0.6) is 5.75 Å². The Morgan fingerprint density at radius 1 is 1.03 bits per heavy atom. The van der Waals surface area contributed by atoms with E-state index >= 15 is 0 Å². The summed E-state index contributed by atoms with van der Waals surface area (Å²) in [6, 6.07) is 18.9. The minimum Gasteiger partial charge on any atom is -0.496 e. The number of aryl methyl sites for hydroxylation is 1. The van der Waals surface area contributed by atoms with Gasteiger partial charge in [0.2, 0.25) is 0 Å². The molecule has 5 rings (SSSR count). The Bertz CT molecular complexity index is 1760. The molecule has 0 aliphatic rings. The topological polar surface area (TPSA) is 138 Å². The number of nitrogens with one attached hydrogen (secondary N) is 1. The molecule has 0 fully saturated rings. The van der Waals surface area contributed by atoms with Gasteiger partial charge in [0.1, 0.15) is 16.1 Å². The Kier molecular flexibility index (Phi) is 6.51. The first-order valence-corrected chi connectivity index (χ1v) is 12.2. The van der Waals surface area contributed by atoms with Gasteiger partial charge in [0.15, 0.2) is 5.13 Å². The van der Waals surface area contributed by atoms with Gasteiger partial charge in [0, 0.05) is 28.6 Å². The summed E-state index contributed by atoms with van der Waals surface area (Å²) >= 11 is 1.22. The lowest BCUT2D eigenvalue weighted by molar-refractivity contribution is 0.0696. The predicted molar refractivity (Wildman–Crippen MR) is 143 cm³/mol. The Labute approximate surface area is 221 Å². The van der Waals surface area contributed by atoms with Gasteiger partial charge < -0.3 is 9.84 Å². The summed E-state index contributed by atoms with van der Waals surface area (Å²) in [5, 5.41) is 21.7. The fraction of sp³-hybridized carbons (Fsp3) is 0.0714. The highest BCUT2D eigenvalue weighted by molar-refractivity contribution is 7.22. The van der Waals surface area contributed by atoms with Crippen LogP contribution >= 0.6 is 11.3 Å². The fourth-order valence-electron chi connectivity index (χ4n) is 3.93. The average Bonchev–Trinajstić information content (AvgIpc) is 3.34. The molecule has 5 aromatic rings. The van der Waals surface area contributed by atoms with E-state index in [0.717, 1.165) is 5.56 Å². The summed E-state index contributed by atoms with van der Waals surface area (Å²) < 4.78 is 5.49. The van der Waals surface area contributed by atoms with E-state index in [-0.39, 0.29) is 5.56 Å². The molecule has 9 nitrogen and oxygen atoms in total. The Hall–Kier alpha value is -5.14. The molecule has 0 aliphatic heterocycles. The zero-order valence-electron chi connectivity index (χ0n) is 20.2. The summed E-state index contributed by atoms with van der Waals surface area (Å²) in [6.45, 7) is 1.82. The maximum atomic E-state index is 13.4. The van der Waals surface area contributed by atoms with Crippen LogP contribution in [0.3, 0.4) is 0 Å². The van der Waals surface area contributed by atoms with Crippen molar-refractivity contribution in [3.8, 4) is 34.2 Å². The van der Waals surface area contributed by atoms with E-state index in [1.54, 1.807) is 48.5 Å². The zero-order chi connectivity index (χ0) is 26.8. The molecule has 0 saturated heterocycles. The first-order valence-electron chi connectivity index (χ1n) is 11.3. The number of anilines is 1. The number of carboxylic acids is 1. The molecular formula is C28H19N5O4S. The largest absolute Gasteiger partial charge is 0.496 e. The third-order valence-electron chi connectivity index (χ3n) is 5.81. The van der Waals surface area contributed by atoms with Gasteiger partial charge >= 0.3 is 5.97 Å². The van der Waals surface area contributed by atoms with E-state index in [4.69, 9.17) is 9.84 Å². The number of carbonyl (C=O) groups is 2. The zero-order valence-corrected chi connectivity index (χ0v) is 21.0. The van der Waals surface area contributed by atoms with Crippen molar-refractivity contribution in [2.24, 2.45) is 0 Å². The fourth-order valence-corrected chi connectivity index (χ4v) is 4.76. The molecular weight excluding hydrogens is 502 g/mol. The number of methoxy groups -OCH3 is 1.